The third-order valence-electron chi connectivity index (χ3n) is 4.50. The fourth-order valence-electron chi connectivity index (χ4n) is 3.00. The second-order valence-corrected chi connectivity index (χ2v) is 8.18. The van der Waals surface area contributed by atoms with Crippen LogP contribution in [-0.2, 0) is 0 Å². The highest BCUT2D eigenvalue weighted by molar-refractivity contribution is 7.17. The maximum absolute atomic E-state index is 12.6. The Labute approximate surface area is 191 Å². The number of hydrogen-bond acceptors (Lipinski definition) is 7. The zero-order valence-corrected chi connectivity index (χ0v) is 18.0. The van der Waals surface area contributed by atoms with Crippen molar-refractivity contribution in [2.45, 2.75) is 0 Å². The Morgan fingerprint density at radius 1 is 0.969 bits per heavy atom. The molecule has 0 unspecified atom stereocenters. The highest BCUT2D eigenvalue weighted by Gasteiger charge is 2.12. The van der Waals surface area contributed by atoms with E-state index in [1.807, 2.05) is 24.3 Å². The molecule has 156 valence electrons. The number of benzene rings is 1. The van der Waals surface area contributed by atoms with E-state index in [2.05, 4.69) is 25.3 Å². The number of fused-ring (bicyclic) bond motifs is 1. The third kappa shape index (κ3) is 4.27. The number of ether oxygens (including phenoxy) is 1. The van der Waals surface area contributed by atoms with Gasteiger partial charge in [0.25, 0.3) is 5.91 Å². The minimum atomic E-state index is -0.216. The first-order chi connectivity index (χ1) is 15.7. The lowest BCUT2D eigenvalue weighted by atomic mass is 10.2. The van der Waals surface area contributed by atoms with E-state index in [1.54, 1.807) is 42.6 Å². The Morgan fingerprint density at radius 2 is 1.91 bits per heavy atom. The van der Waals surface area contributed by atoms with Crippen LogP contribution in [0.3, 0.4) is 0 Å². The first-order valence-electron chi connectivity index (χ1n) is 9.52. The lowest BCUT2D eigenvalue weighted by Gasteiger charge is -2.08. The van der Waals surface area contributed by atoms with E-state index < -0.39 is 0 Å². The maximum atomic E-state index is 12.6. The van der Waals surface area contributed by atoms with Gasteiger partial charge in [-0.15, -0.1) is 11.3 Å². The van der Waals surface area contributed by atoms with Crippen molar-refractivity contribution in [3.05, 3.63) is 89.3 Å². The first kappa shape index (κ1) is 20.0. The number of nitrogens with one attached hydrogen (secondary N) is 1. The third-order valence-corrected chi connectivity index (χ3v) is 5.85. The number of carbonyl (C=O) groups is 1. The summed E-state index contributed by atoms with van der Waals surface area (Å²) in [5, 5.41) is 4.14. The number of thiophene rings is 1. The van der Waals surface area contributed by atoms with Crippen molar-refractivity contribution < 1.29 is 9.53 Å². The van der Waals surface area contributed by atoms with Crippen LogP contribution in [0.25, 0.3) is 21.5 Å². The van der Waals surface area contributed by atoms with Crippen molar-refractivity contribution >= 4 is 45.4 Å². The average Bonchev–Trinajstić information content (AvgIpc) is 3.32. The van der Waals surface area contributed by atoms with Gasteiger partial charge in [-0.2, -0.15) is 0 Å². The molecule has 0 aliphatic rings. The van der Waals surface area contributed by atoms with Crippen molar-refractivity contribution in [3.8, 4) is 22.3 Å². The van der Waals surface area contributed by atoms with Crippen LogP contribution in [0.1, 0.15) is 9.67 Å². The van der Waals surface area contributed by atoms with Crippen molar-refractivity contribution in [1.29, 1.82) is 0 Å². The van der Waals surface area contributed by atoms with Crippen LogP contribution >= 0.6 is 22.9 Å². The second kappa shape index (κ2) is 8.70. The minimum Gasteiger partial charge on any atom is -0.420 e. The van der Waals surface area contributed by atoms with Gasteiger partial charge in [-0.1, -0.05) is 17.7 Å². The predicted octanol–water partition coefficient (Wildman–Crippen LogP) is 5.85. The standard InChI is InChI=1S/C23H14ClN5O2S/c24-14-4-6-16-18(11-14)27-13-28-23(16)31-21-9-5-15(12-26-21)29-22(30)20-8-7-19(32-20)17-3-1-2-10-25-17/h1-13H,(H,29,30). The zero-order chi connectivity index (χ0) is 21.9. The van der Waals surface area contributed by atoms with Crippen LogP contribution in [0.5, 0.6) is 11.8 Å². The quantitative estimate of drug-likeness (QED) is 0.354. The summed E-state index contributed by atoms with van der Waals surface area (Å²) in [5.41, 5.74) is 2.06. The van der Waals surface area contributed by atoms with Gasteiger partial charge in [0.2, 0.25) is 11.8 Å². The number of amides is 1. The first-order valence-corrected chi connectivity index (χ1v) is 10.7. The molecule has 1 N–H and O–H groups in total. The molecule has 0 bridgehead atoms. The molecule has 0 saturated carbocycles. The van der Waals surface area contributed by atoms with Crippen LogP contribution in [0.4, 0.5) is 5.69 Å². The molecule has 5 rings (SSSR count). The molecule has 9 heteroatoms. The van der Waals surface area contributed by atoms with Gasteiger partial charge in [-0.05, 0) is 48.5 Å². The molecule has 4 heterocycles. The number of rotatable bonds is 5. The molecule has 0 spiro atoms. The monoisotopic (exact) mass is 459 g/mol. The molecule has 4 aromatic heterocycles. The van der Waals surface area contributed by atoms with Crippen LogP contribution in [0.2, 0.25) is 5.02 Å². The van der Waals surface area contributed by atoms with Gasteiger partial charge in [-0.25, -0.2) is 15.0 Å². The number of carbonyl (C=O) groups excluding carboxylic acids is 1. The molecule has 1 aromatic carbocycles. The summed E-state index contributed by atoms with van der Waals surface area (Å²) < 4.78 is 5.81. The highest BCUT2D eigenvalue weighted by atomic mass is 35.5. The van der Waals surface area contributed by atoms with Crippen LogP contribution in [-0.4, -0.2) is 25.8 Å². The van der Waals surface area contributed by atoms with Gasteiger partial charge in [-0.3, -0.25) is 9.78 Å². The minimum absolute atomic E-state index is 0.216. The predicted molar refractivity (Wildman–Crippen MR) is 124 cm³/mol. The van der Waals surface area contributed by atoms with Gasteiger partial charge in [0.1, 0.15) is 6.33 Å². The molecule has 1 amide bonds. The van der Waals surface area contributed by atoms with E-state index in [1.165, 1.54) is 23.9 Å². The van der Waals surface area contributed by atoms with Crippen molar-refractivity contribution in [1.82, 2.24) is 19.9 Å². The number of pyridine rings is 2. The summed E-state index contributed by atoms with van der Waals surface area (Å²) in [6, 6.07) is 18.0. The Morgan fingerprint density at radius 3 is 2.72 bits per heavy atom. The lowest BCUT2D eigenvalue weighted by Crippen LogP contribution is -2.10. The number of nitrogens with zero attached hydrogens (tertiary/aromatic N) is 4. The fourth-order valence-corrected chi connectivity index (χ4v) is 4.04. The molecule has 0 fully saturated rings. The Balaban J connectivity index is 1.28. The summed E-state index contributed by atoms with van der Waals surface area (Å²) in [4.78, 5) is 31.1. The topological polar surface area (TPSA) is 89.9 Å². The molecule has 32 heavy (non-hydrogen) atoms. The molecule has 0 saturated heterocycles. The Hall–Kier alpha value is -3.88. The lowest BCUT2D eigenvalue weighted by molar-refractivity contribution is 0.103. The number of hydrogen-bond donors (Lipinski definition) is 1. The Kier molecular flexibility index (Phi) is 5.45. The number of aromatic nitrogens is 4. The van der Waals surface area contributed by atoms with Crippen molar-refractivity contribution in [2.75, 3.05) is 5.32 Å². The fraction of sp³-hybridized carbons (Fsp3) is 0. The number of halogens is 1. The molecule has 5 aromatic rings. The molecular formula is C23H14ClN5O2S. The average molecular weight is 460 g/mol. The van der Waals surface area contributed by atoms with Crippen molar-refractivity contribution in [2.24, 2.45) is 0 Å². The SMILES string of the molecule is O=C(Nc1ccc(Oc2ncnc3cc(Cl)ccc23)nc1)c1ccc(-c2ccccn2)s1. The highest BCUT2D eigenvalue weighted by Crippen LogP contribution is 2.29. The molecule has 0 aliphatic carbocycles. The van der Waals surface area contributed by atoms with Gasteiger partial charge < -0.3 is 10.1 Å². The van der Waals surface area contributed by atoms with Gasteiger partial charge >= 0.3 is 0 Å². The van der Waals surface area contributed by atoms with Crippen molar-refractivity contribution in [3.63, 3.8) is 0 Å². The van der Waals surface area contributed by atoms with E-state index in [0.717, 1.165) is 16.0 Å². The molecule has 0 radical (unpaired) electrons. The molecule has 7 nitrogen and oxygen atoms in total. The summed E-state index contributed by atoms with van der Waals surface area (Å²) in [6.07, 6.45) is 4.66. The maximum Gasteiger partial charge on any atom is 0.265 e. The van der Waals surface area contributed by atoms with E-state index in [-0.39, 0.29) is 5.91 Å². The molecule has 0 atom stereocenters. The van der Waals surface area contributed by atoms with Gasteiger partial charge in [0, 0.05) is 17.3 Å². The van der Waals surface area contributed by atoms with Gasteiger partial charge in [0.15, 0.2) is 0 Å². The summed E-state index contributed by atoms with van der Waals surface area (Å²) in [6.45, 7) is 0. The smallest absolute Gasteiger partial charge is 0.265 e. The van der Waals surface area contributed by atoms with E-state index >= 15 is 0 Å². The Bertz CT molecular complexity index is 1410. The van der Waals surface area contributed by atoms with E-state index in [9.17, 15) is 4.79 Å². The second-order valence-electron chi connectivity index (χ2n) is 6.66. The van der Waals surface area contributed by atoms with Gasteiger partial charge in [0.05, 0.1) is 38.2 Å². The van der Waals surface area contributed by atoms with Crippen LogP contribution in [0.15, 0.2) is 79.4 Å². The van der Waals surface area contributed by atoms with Crippen LogP contribution in [0, 0.1) is 0 Å². The molecular weight excluding hydrogens is 446 g/mol. The molecule has 0 aliphatic heterocycles. The number of anilines is 1. The summed E-state index contributed by atoms with van der Waals surface area (Å²) in [7, 11) is 0. The van der Waals surface area contributed by atoms with E-state index in [0.29, 0.717) is 32.9 Å². The summed E-state index contributed by atoms with van der Waals surface area (Å²) >= 11 is 7.39. The summed E-state index contributed by atoms with van der Waals surface area (Å²) in [5.74, 6) is 0.495. The largest absolute Gasteiger partial charge is 0.420 e. The zero-order valence-electron chi connectivity index (χ0n) is 16.4. The normalized spacial score (nSPS) is 10.8. The van der Waals surface area contributed by atoms with E-state index in [4.69, 9.17) is 16.3 Å². The van der Waals surface area contributed by atoms with Crippen LogP contribution < -0.4 is 10.1 Å².